The lowest BCUT2D eigenvalue weighted by molar-refractivity contribution is -0.123. The van der Waals surface area contributed by atoms with Gasteiger partial charge < -0.3 is 5.73 Å². The highest BCUT2D eigenvalue weighted by atomic mass is 16.1. The van der Waals surface area contributed by atoms with Gasteiger partial charge in [0.15, 0.2) is 0 Å². The molecule has 0 radical (unpaired) electrons. The summed E-state index contributed by atoms with van der Waals surface area (Å²) < 4.78 is 0. The zero-order valence-corrected chi connectivity index (χ0v) is 9.48. The van der Waals surface area contributed by atoms with E-state index in [0.29, 0.717) is 18.0 Å². The molecular weight excluding hydrogens is 200 g/mol. The van der Waals surface area contributed by atoms with Gasteiger partial charge in [-0.1, -0.05) is 25.3 Å². The van der Waals surface area contributed by atoms with Gasteiger partial charge >= 0.3 is 0 Å². The maximum Gasteiger partial charge on any atom is 0.140 e. The van der Waals surface area contributed by atoms with E-state index in [9.17, 15) is 4.79 Å². The highest BCUT2D eigenvalue weighted by Gasteiger charge is 2.21. The minimum Gasteiger partial charge on any atom is -0.383 e. The predicted molar refractivity (Wildman–Crippen MR) is 63.9 cm³/mol. The Labute approximate surface area is 96.1 Å². The number of nitrogens with two attached hydrogens (primary N) is 1. The van der Waals surface area contributed by atoms with Crippen LogP contribution in [0, 0.1) is 5.92 Å². The van der Waals surface area contributed by atoms with E-state index in [1.54, 1.807) is 6.20 Å². The summed E-state index contributed by atoms with van der Waals surface area (Å²) in [5, 5.41) is 0. The number of hydrogen-bond acceptors (Lipinski definition) is 3. The molecule has 0 bridgehead atoms. The summed E-state index contributed by atoms with van der Waals surface area (Å²) in [5.41, 5.74) is 6.61. The first kappa shape index (κ1) is 11.1. The third-order valence-electron chi connectivity index (χ3n) is 3.35. The summed E-state index contributed by atoms with van der Waals surface area (Å²) in [6, 6.07) is 3.73. The number of aromatic nitrogens is 1. The lowest BCUT2D eigenvalue weighted by Gasteiger charge is -2.20. The van der Waals surface area contributed by atoms with Crippen molar-refractivity contribution in [1.29, 1.82) is 0 Å². The Hall–Kier alpha value is -1.38. The first-order valence-corrected chi connectivity index (χ1v) is 5.99. The molecule has 3 nitrogen and oxygen atoms in total. The van der Waals surface area contributed by atoms with Crippen molar-refractivity contribution >= 4 is 11.6 Å². The van der Waals surface area contributed by atoms with Crippen LogP contribution in [0.1, 0.15) is 37.7 Å². The number of pyridine rings is 1. The summed E-state index contributed by atoms with van der Waals surface area (Å²) >= 11 is 0. The van der Waals surface area contributed by atoms with Crippen LogP contribution in [-0.4, -0.2) is 10.8 Å². The van der Waals surface area contributed by atoms with Crippen molar-refractivity contribution in [1.82, 2.24) is 4.98 Å². The van der Waals surface area contributed by atoms with Gasteiger partial charge in [-0.2, -0.15) is 0 Å². The van der Waals surface area contributed by atoms with E-state index < -0.39 is 0 Å². The van der Waals surface area contributed by atoms with Crippen LogP contribution in [0.3, 0.4) is 0 Å². The van der Waals surface area contributed by atoms with E-state index in [2.05, 4.69) is 4.98 Å². The quantitative estimate of drug-likeness (QED) is 0.847. The van der Waals surface area contributed by atoms with Gasteiger partial charge in [0, 0.05) is 24.1 Å². The van der Waals surface area contributed by atoms with E-state index in [4.69, 9.17) is 5.73 Å². The number of nitrogens with zero attached hydrogens (tertiary/aromatic N) is 1. The standard InChI is InChI=1S/C13H18N2O/c14-13-11(7-4-8-15-13)9-12(16)10-5-2-1-3-6-10/h4,7-8,10H,1-3,5-6,9H2,(H2,14,15). The molecule has 0 amide bonds. The van der Waals surface area contributed by atoms with Gasteiger partial charge in [0.1, 0.15) is 11.6 Å². The van der Waals surface area contributed by atoms with E-state index in [0.717, 1.165) is 18.4 Å². The molecule has 3 heteroatoms. The molecule has 0 aliphatic heterocycles. The summed E-state index contributed by atoms with van der Waals surface area (Å²) in [7, 11) is 0. The SMILES string of the molecule is Nc1ncccc1CC(=O)C1CCCCC1. The van der Waals surface area contributed by atoms with Gasteiger partial charge in [-0.3, -0.25) is 4.79 Å². The zero-order chi connectivity index (χ0) is 11.4. The van der Waals surface area contributed by atoms with E-state index in [1.807, 2.05) is 12.1 Å². The number of Topliss-reactive ketones (excluding diaryl/α,β-unsaturated/α-hetero) is 1. The molecule has 86 valence electrons. The fraction of sp³-hybridized carbons (Fsp3) is 0.538. The van der Waals surface area contributed by atoms with E-state index >= 15 is 0 Å². The number of anilines is 1. The molecule has 2 N–H and O–H groups in total. The first-order chi connectivity index (χ1) is 7.77. The van der Waals surface area contributed by atoms with Crippen molar-refractivity contribution in [2.24, 2.45) is 5.92 Å². The lowest BCUT2D eigenvalue weighted by Crippen LogP contribution is -2.20. The van der Waals surface area contributed by atoms with Crippen molar-refractivity contribution < 1.29 is 4.79 Å². The number of hydrogen-bond donors (Lipinski definition) is 1. The van der Waals surface area contributed by atoms with Gasteiger partial charge in [-0.15, -0.1) is 0 Å². The van der Waals surface area contributed by atoms with Crippen molar-refractivity contribution in [3.05, 3.63) is 23.9 Å². The monoisotopic (exact) mass is 218 g/mol. The van der Waals surface area contributed by atoms with E-state index in [1.165, 1.54) is 19.3 Å². The minimum absolute atomic E-state index is 0.258. The van der Waals surface area contributed by atoms with Crippen LogP contribution in [0.5, 0.6) is 0 Å². The number of ketones is 1. The topological polar surface area (TPSA) is 56.0 Å². The number of rotatable bonds is 3. The lowest BCUT2D eigenvalue weighted by atomic mass is 9.84. The highest BCUT2D eigenvalue weighted by molar-refractivity contribution is 5.84. The largest absolute Gasteiger partial charge is 0.383 e. The number of nitrogen functional groups attached to an aromatic ring is 1. The second kappa shape index (κ2) is 5.10. The molecule has 16 heavy (non-hydrogen) atoms. The third kappa shape index (κ3) is 2.60. The number of carbonyl (C=O) groups is 1. The Morgan fingerprint density at radius 1 is 1.38 bits per heavy atom. The molecule has 0 unspecified atom stereocenters. The van der Waals surface area contributed by atoms with Crippen LogP contribution in [0.4, 0.5) is 5.82 Å². The minimum atomic E-state index is 0.258. The van der Waals surface area contributed by atoms with Gasteiger partial charge in [-0.25, -0.2) is 4.98 Å². The maximum atomic E-state index is 12.0. The van der Waals surface area contributed by atoms with Crippen LogP contribution in [-0.2, 0) is 11.2 Å². The zero-order valence-electron chi connectivity index (χ0n) is 9.48. The molecule has 0 atom stereocenters. The van der Waals surface area contributed by atoms with Gasteiger partial charge in [-0.05, 0) is 18.9 Å². The van der Waals surface area contributed by atoms with Crippen molar-refractivity contribution in [2.45, 2.75) is 38.5 Å². The van der Waals surface area contributed by atoms with Crippen molar-refractivity contribution in [3.63, 3.8) is 0 Å². The molecule has 1 aliphatic carbocycles. The average Bonchev–Trinajstić information content (AvgIpc) is 2.33. The highest BCUT2D eigenvalue weighted by Crippen LogP contribution is 2.25. The second-order valence-electron chi connectivity index (χ2n) is 4.53. The summed E-state index contributed by atoms with van der Waals surface area (Å²) in [4.78, 5) is 16.0. The van der Waals surface area contributed by atoms with Crippen LogP contribution in [0.15, 0.2) is 18.3 Å². The fourth-order valence-corrected chi connectivity index (χ4v) is 2.36. The van der Waals surface area contributed by atoms with Crippen molar-refractivity contribution in [3.8, 4) is 0 Å². The smallest absolute Gasteiger partial charge is 0.140 e. The van der Waals surface area contributed by atoms with E-state index in [-0.39, 0.29) is 5.92 Å². The average molecular weight is 218 g/mol. The molecule has 1 aromatic heterocycles. The summed E-state index contributed by atoms with van der Waals surface area (Å²) in [6.45, 7) is 0. The normalized spacial score (nSPS) is 17.2. The molecule has 1 aliphatic rings. The molecule has 1 fully saturated rings. The van der Waals surface area contributed by atoms with Gasteiger partial charge in [0.2, 0.25) is 0 Å². The maximum absolute atomic E-state index is 12.0. The van der Waals surface area contributed by atoms with Gasteiger partial charge in [0.05, 0.1) is 0 Å². The molecule has 1 aromatic rings. The molecule has 2 rings (SSSR count). The molecule has 0 spiro atoms. The fourth-order valence-electron chi connectivity index (χ4n) is 2.36. The van der Waals surface area contributed by atoms with Crippen LogP contribution >= 0.6 is 0 Å². The second-order valence-corrected chi connectivity index (χ2v) is 4.53. The van der Waals surface area contributed by atoms with Crippen LogP contribution < -0.4 is 5.73 Å². The predicted octanol–water partition coefficient (Wildman–Crippen LogP) is 2.36. The molecule has 0 aromatic carbocycles. The molecule has 0 saturated heterocycles. The molecule has 1 saturated carbocycles. The number of carbonyl (C=O) groups excluding carboxylic acids is 1. The van der Waals surface area contributed by atoms with Crippen molar-refractivity contribution in [2.75, 3.05) is 5.73 Å². The Kier molecular flexibility index (Phi) is 3.54. The summed E-state index contributed by atoms with van der Waals surface area (Å²) in [6.07, 6.45) is 7.88. The summed E-state index contributed by atoms with van der Waals surface area (Å²) in [5.74, 6) is 1.08. The van der Waals surface area contributed by atoms with Gasteiger partial charge in [0.25, 0.3) is 0 Å². The Balaban J connectivity index is 1.99. The molecule has 1 heterocycles. The Morgan fingerprint density at radius 2 is 2.12 bits per heavy atom. The molecular formula is C13H18N2O. The van der Waals surface area contributed by atoms with Crippen LogP contribution in [0.25, 0.3) is 0 Å². The Bertz CT molecular complexity index is 370. The third-order valence-corrected chi connectivity index (χ3v) is 3.35. The van der Waals surface area contributed by atoms with Crippen LogP contribution in [0.2, 0.25) is 0 Å². The Morgan fingerprint density at radius 3 is 2.81 bits per heavy atom. The first-order valence-electron chi connectivity index (χ1n) is 5.99.